The minimum Gasteiger partial charge on any atom is -0.377 e. The smallest absolute Gasteiger partial charge is 0.291 e. The summed E-state index contributed by atoms with van der Waals surface area (Å²) in [7, 11) is -3.94. The van der Waals surface area contributed by atoms with Crippen LogP contribution in [0, 0.1) is 0 Å². The fraction of sp³-hybridized carbons (Fsp3) is 0.579. The van der Waals surface area contributed by atoms with Crippen LogP contribution in [0.15, 0.2) is 17.2 Å². The average Bonchev–Trinajstić information content (AvgIpc) is 3.38. The van der Waals surface area contributed by atoms with Gasteiger partial charge in [-0.2, -0.15) is 0 Å². The van der Waals surface area contributed by atoms with Gasteiger partial charge in [0, 0.05) is 31.4 Å². The number of alkyl halides is 2. The first-order chi connectivity index (χ1) is 16.0. The monoisotopic (exact) mass is 514 g/mol. The van der Waals surface area contributed by atoms with Crippen molar-refractivity contribution in [3.8, 4) is 10.8 Å². The number of nitrogens with one attached hydrogen (secondary N) is 2. The molecule has 11 nitrogen and oxygen atoms in total. The second kappa shape index (κ2) is 8.41. The third-order valence-corrected chi connectivity index (χ3v) is 8.24. The summed E-state index contributed by atoms with van der Waals surface area (Å²) in [5.74, 6) is 0.145. The number of aromatic nitrogens is 5. The lowest BCUT2D eigenvalue weighted by Crippen LogP contribution is -2.59. The van der Waals surface area contributed by atoms with Crippen molar-refractivity contribution in [1.82, 2.24) is 34.8 Å². The van der Waals surface area contributed by atoms with Crippen molar-refractivity contribution in [1.29, 1.82) is 0 Å². The number of hydrogen-bond donors (Lipinski definition) is 2. The van der Waals surface area contributed by atoms with Crippen LogP contribution in [-0.2, 0) is 14.8 Å². The first-order valence-corrected chi connectivity index (χ1v) is 13.0. The Bertz CT molecular complexity index is 1310. The van der Waals surface area contributed by atoms with Crippen molar-refractivity contribution in [2.75, 3.05) is 31.2 Å². The number of anilines is 1. The van der Waals surface area contributed by atoms with E-state index in [9.17, 15) is 17.2 Å². The van der Waals surface area contributed by atoms with Gasteiger partial charge in [-0.3, -0.25) is 4.40 Å². The summed E-state index contributed by atoms with van der Waals surface area (Å²) in [5.41, 5.74) is 0.283. The molecule has 2 atom stereocenters. The van der Waals surface area contributed by atoms with Gasteiger partial charge in [0.1, 0.15) is 4.90 Å². The van der Waals surface area contributed by atoms with Gasteiger partial charge in [0.05, 0.1) is 24.4 Å². The van der Waals surface area contributed by atoms with Crippen LogP contribution >= 0.6 is 11.3 Å². The molecule has 2 saturated heterocycles. The van der Waals surface area contributed by atoms with Crippen molar-refractivity contribution in [2.45, 2.75) is 49.7 Å². The first kappa shape index (κ1) is 23.4. The van der Waals surface area contributed by atoms with Gasteiger partial charge in [0.25, 0.3) is 6.43 Å². The zero-order valence-corrected chi connectivity index (χ0v) is 20.3. The number of sulfonamides is 1. The Kier molecular flexibility index (Phi) is 5.79. The SMILES string of the molecule is C[C@H]1CN(c2cc(S(=O)(=O)NC3(C)COC3)cn3c(-c4nnc(C(F)F)s4)nnc23)C[C@H](C)N1. The van der Waals surface area contributed by atoms with Crippen molar-refractivity contribution < 1.29 is 21.9 Å². The summed E-state index contributed by atoms with van der Waals surface area (Å²) in [6.07, 6.45) is -1.38. The highest BCUT2D eigenvalue weighted by Gasteiger charge is 2.38. The molecule has 0 unspecified atom stereocenters. The van der Waals surface area contributed by atoms with Crippen LogP contribution in [-0.4, -0.2) is 77.1 Å². The first-order valence-electron chi connectivity index (χ1n) is 10.7. The number of rotatable bonds is 6. The third kappa shape index (κ3) is 4.26. The second-order valence-corrected chi connectivity index (χ2v) is 11.7. The zero-order valence-electron chi connectivity index (χ0n) is 18.7. The number of pyridine rings is 1. The number of piperazine rings is 1. The molecule has 0 aromatic carbocycles. The Morgan fingerprint density at radius 2 is 1.91 bits per heavy atom. The largest absolute Gasteiger partial charge is 0.377 e. The molecule has 15 heteroatoms. The number of fused-ring (bicyclic) bond motifs is 1. The Morgan fingerprint density at radius 1 is 1.21 bits per heavy atom. The summed E-state index contributed by atoms with van der Waals surface area (Å²) in [6, 6.07) is 1.90. The summed E-state index contributed by atoms with van der Waals surface area (Å²) < 4.78 is 62.2. The molecule has 0 saturated carbocycles. The van der Waals surface area contributed by atoms with Gasteiger partial charge in [0.15, 0.2) is 21.5 Å². The lowest BCUT2D eigenvalue weighted by atomic mass is 10.0. The lowest BCUT2D eigenvalue weighted by Gasteiger charge is -2.39. The molecule has 5 heterocycles. The van der Waals surface area contributed by atoms with E-state index in [4.69, 9.17) is 4.74 Å². The van der Waals surface area contributed by atoms with Crippen molar-refractivity contribution in [3.63, 3.8) is 0 Å². The molecule has 2 aliphatic rings. The second-order valence-electron chi connectivity index (χ2n) is 9.06. The molecule has 0 radical (unpaired) electrons. The molecule has 2 N–H and O–H groups in total. The molecule has 0 amide bonds. The molecule has 3 aromatic rings. The third-order valence-electron chi connectivity index (χ3n) is 5.71. The van der Waals surface area contributed by atoms with Crippen LogP contribution in [0.3, 0.4) is 0 Å². The molecule has 0 spiro atoms. The Hall–Kier alpha value is -2.33. The Morgan fingerprint density at radius 3 is 2.50 bits per heavy atom. The average molecular weight is 515 g/mol. The highest BCUT2D eigenvalue weighted by molar-refractivity contribution is 7.89. The fourth-order valence-electron chi connectivity index (χ4n) is 4.26. The van der Waals surface area contributed by atoms with E-state index in [2.05, 4.69) is 35.3 Å². The minimum absolute atomic E-state index is 0.00149. The van der Waals surface area contributed by atoms with Crippen molar-refractivity contribution in [3.05, 3.63) is 17.3 Å². The van der Waals surface area contributed by atoms with E-state index in [0.717, 1.165) is 0 Å². The molecule has 0 bridgehead atoms. The van der Waals surface area contributed by atoms with Crippen LogP contribution in [0.1, 0.15) is 32.2 Å². The van der Waals surface area contributed by atoms with Gasteiger partial charge in [0.2, 0.25) is 10.0 Å². The van der Waals surface area contributed by atoms with E-state index in [1.54, 1.807) is 13.0 Å². The summed E-state index contributed by atoms with van der Waals surface area (Å²) in [5, 5.41) is 18.9. The van der Waals surface area contributed by atoms with Crippen LogP contribution in [0.4, 0.5) is 14.5 Å². The summed E-state index contributed by atoms with van der Waals surface area (Å²) in [4.78, 5) is 2.05. The van der Waals surface area contributed by atoms with Gasteiger partial charge in [-0.15, -0.1) is 20.4 Å². The van der Waals surface area contributed by atoms with E-state index in [1.807, 2.05) is 13.8 Å². The standard InChI is InChI=1S/C19H24F2N8O3S2/c1-10-5-28(6-11(2)22-10)13-4-12(34(30,31)27-19(3)8-32-9-19)7-29-15(13)23-24-16(29)18-26-25-17(33-18)14(20)21/h4,7,10-11,14,22,27H,5-6,8-9H2,1-3H3/t10-,11-/m0/s1. The molecule has 5 rings (SSSR count). The van der Waals surface area contributed by atoms with Crippen LogP contribution in [0.5, 0.6) is 0 Å². The molecular weight excluding hydrogens is 490 g/mol. The van der Waals surface area contributed by atoms with E-state index < -0.39 is 27.0 Å². The van der Waals surface area contributed by atoms with E-state index in [0.29, 0.717) is 35.8 Å². The minimum atomic E-state index is -3.94. The quantitative estimate of drug-likeness (QED) is 0.502. The predicted octanol–water partition coefficient (Wildman–Crippen LogP) is 1.44. The Balaban J connectivity index is 1.65. The molecule has 0 aliphatic carbocycles. The van der Waals surface area contributed by atoms with Crippen molar-refractivity contribution in [2.24, 2.45) is 0 Å². The zero-order chi connectivity index (χ0) is 24.3. The predicted molar refractivity (Wildman–Crippen MR) is 121 cm³/mol. The summed E-state index contributed by atoms with van der Waals surface area (Å²) in [6.45, 7) is 7.65. The molecule has 3 aromatic heterocycles. The summed E-state index contributed by atoms with van der Waals surface area (Å²) >= 11 is 0.691. The lowest BCUT2D eigenvalue weighted by molar-refractivity contribution is -0.0523. The number of hydrogen-bond acceptors (Lipinski definition) is 10. The van der Waals surface area contributed by atoms with Crippen molar-refractivity contribution >= 4 is 32.7 Å². The Labute approximate surface area is 198 Å². The highest BCUT2D eigenvalue weighted by atomic mass is 32.2. The fourth-order valence-corrected chi connectivity index (χ4v) is 6.34. The van der Waals surface area contributed by atoms with Crippen LogP contribution in [0.25, 0.3) is 16.5 Å². The topological polar surface area (TPSA) is 127 Å². The highest BCUT2D eigenvalue weighted by Crippen LogP contribution is 2.33. The number of halogens is 2. The maximum Gasteiger partial charge on any atom is 0.291 e. The van der Waals surface area contributed by atoms with Gasteiger partial charge in [-0.05, 0) is 26.8 Å². The molecule has 184 valence electrons. The van der Waals surface area contributed by atoms with Gasteiger partial charge >= 0.3 is 0 Å². The number of nitrogens with zero attached hydrogens (tertiary/aromatic N) is 6. The van der Waals surface area contributed by atoms with E-state index >= 15 is 0 Å². The van der Waals surface area contributed by atoms with Gasteiger partial charge in [-0.25, -0.2) is 21.9 Å². The molecular formula is C19H24F2N8O3S2. The van der Waals surface area contributed by atoms with Crippen LogP contribution in [0.2, 0.25) is 0 Å². The molecule has 2 fully saturated rings. The maximum absolute atomic E-state index is 13.3. The molecule has 2 aliphatic heterocycles. The van der Waals surface area contributed by atoms with Gasteiger partial charge < -0.3 is 15.0 Å². The maximum atomic E-state index is 13.3. The number of ether oxygens (including phenoxy) is 1. The van der Waals surface area contributed by atoms with Gasteiger partial charge in [-0.1, -0.05) is 11.3 Å². The molecule has 34 heavy (non-hydrogen) atoms. The normalized spacial score (nSPS) is 22.9. The van der Waals surface area contributed by atoms with E-state index in [1.165, 1.54) is 10.6 Å². The van der Waals surface area contributed by atoms with Crippen LogP contribution < -0.4 is 14.9 Å². The van der Waals surface area contributed by atoms with E-state index in [-0.39, 0.29) is 41.0 Å².